The summed E-state index contributed by atoms with van der Waals surface area (Å²) in [7, 11) is 0. The zero-order valence-corrected chi connectivity index (χ0v) is 11.3. The Balaban J connectivity index is 2.26. The smallest absolute Gasteiger partial charge is 0.229 e. The van der Waals surface area contributed by atoms with Crippen molar-refractivity contribution in [2.45, 2.75) is 26.3 Å². The van der Waals surface area contributed by atoms with Crippen LogP contribution in [0.2, 0.25) is 0 Å². The maximum absolute atomic E-state index is 5.57. The van der Waals surface area contributed by atoms with Crippen molar-refractivity contribution in [1.29, 1.82) is 0 Å². The van der Waals surface area contributed by atoms with Gasteiger partial charge in [-0.05, 0) is 18.6 Å². The first-order chi connectivity index (χ1) is 9.35. The molecule has 100 valence electrons. The minimum atomic E-state index is 0.473. The van der Waals surface area contributed by atoms with Gasteiger partial charge in [0, 0.05) is 36.7 Å². The summed E-state index contributed by atoms with van der Waals surface area (Å²) in [6.07, 6.45) is 5.84. The van der Waals surface area contributed by atoms with Gasteiger partial charge in [0.2, 0.25) is 5.95 Å². The fourth-order valence-corrected chi connectivity index (χ4v) is 1.86. The van der Waals surface area contributed by atoms with Gasteiger partial charge in [-0.25, -0.2) is 9.97 Å². The van der Waals surface area contributed by atoms with Gasteiger partial charge in [-0.3, -0.25) is 0 Å². The standard InChI is InChI=1S/C15H20N4/c1-2-3-9-19(14-7-5-4-6-8-14)15-17-11-13(10-16)12-18-15/h4-8,11-12H,2-3,9-10,16H2,1H3. The summed E-state index contributed by atoms with van der Waals surface area (Å²) in [6.45, 7) is 3.57. The van der Waals surface area contributed by atoms with Gasteiger partial charge in [0.1, 0.15) is 0 Å². The lowest BCUT2D eigenvalue weighted by Gasteiger charge is -2.22. The quantitative estimate of drug-likeness (QED) is 0.863. The maximum Gasteiger partial charge on any atom is 0.229 e. The van der Waals surface area contributed by atoms with E-state index in [1.807, 2.05) is 18.2 Å². The first kappa shape index (κ1) is 13.5. The molecule has 2 N–H and O–H groups in total. The van der Waals surface area contributed by atoms with E-state index in [0.29, 0.717) is 6.54 Å². The fraction of sp³-hybridized carbons (Fsp3) is 0.333. The SMILES string of the molecule is CCCCN(c1ccccc1)c1ncc(CN)cn1. The summed E-state index contributed by atoms with van der Waals surface area (Å²) in [5.74, 6) is 0.733. The molecule has 0 amide bonds. The van der Waals surface area contributed by atoms with Crippen LogP contribution in [0, 0.1) is 0 Å². The van der Waals surface area contributed by atoms with Gasteiger partial charge in [0.25, 0.3) is 0 Å². The van der Waals surface area contributed by atoms with E-state index in [1.165, 1.54) is 0 Å². The van der Waals surface area contributed by atoms with Gasteiger partial charge in [0.15, 0.2) is 0 Å². The van der Waals surface area contributed by atoms with Crippen LogP contribution in [0.15, 0.2) is 42.7 Å². The molecule has 0 aliphatic heterocycles. The predicted molar refractivity (Wildman–Crippen MR) is 78.3 cm³/mol. The molecule has 0 spiro atoms. The molecule has 0 fully saturated rings. The van der Waals surface area contributed by atoms with Crippen molar-refractivity contribution in [3.05, 3.63) is 48.3 Å². The summed E-state index contributed by atoms with van der Waals surface area (Å²) in [4.78, 5) is 11.0. The summed E-state index contributed by atoms with van der Waals surface area (Å²) >= 11 is 0. The monoisotopic (exact) mass is 256 g/mol. The molecule has 0 aliphatic rings. The summed E-state index contributed by atoms with van der Waals surface area (Å²) in [5.41, 5.74) is 7.65. The molecule has 1 aromatic heterocycles. The molecular formula is C15H20N4. The minimum absolute atomic E-state index is 0.473. The third-order valence-electron chi connectivity index (χ3n) is 2.97. The van der Waals surface area contributed by atoms with E-state index >= 15 is 0 Å². The number of para-hydroxylation sites is 1. The molecule has 0 radical (unpaired) electrons. The average Bonchev–Trinajstić information content (AvgIpc) is 2.49. The van der Waals surface area contributed by atoms with Crippen molar-refractivity contribution in [3.63, 3.8) is 0 Å². The first-order valence-electron chi connectivity index (χ1n) is 6.68. The number of hydrogen-bond donors (Lipinski definition) is 1. The number of aromatic nitrogens is 2. The van der Waals surface area contributed by atoms with Crippen LogP contribution < -0.4 is 10.6 Å². The van der Waals surface area contributed by atoms with Gasteiger partial charge in [-0.1, -0.05) is 31.5 Å². The van der Waals surface area contributed by atoms with Crippen LogP contribution in [0.3, 0.4) is 0 Å². The highest BCUT2D eigenvalue weighted by atomic mass is 15.2. The van der Waals surface area contributed by atoms with E-state index < -0.39 is 0 Å². The third-order valence-corrected chi connectivity index (χ3v) is 2.97. The molecule has 1 aromatic carbocycles. The molecule has 1 heterocycles. The molecule has 0 aliphatic carbocycles. The number of rotatable bonds is 6. The molecule has 19 heavy (non-hydrogen) atoms. The number of hydrogen-bond acceptors (Lipinski definition) is 4. The second-order valence-corrected chi connectivity index (χ2v) is 4.44. The lowest BCUT2D eigenvalue weighted by Crippen LogP contribution is -2.20. The molecule has 2 aromatic rings. The van der Waals surface area contributed by atoms with Crippen molar-refractivity contribution < 1.29 is 0 Å². The van der Waals surface area contributed by atoms with Crippen molar-refractivity contribution >= 4 is 11.6 Å². The highest BCUT2D eigenvalue weighted by Gasteiger charge is 2.10. The molecular weight excluding hydrogens is 236 g/mol. The molecule has 2 rings (SSSR count). The second-order valence-electron chi connectivity index (χ2n) is 4.44. The zero-order chi connectivity index (χ0) is 13.5. The molecule has 0 saturated heterocycles. The van der Waals surface area contributed by atoms with E-state index in [1.54, 1.807) is 12.4 Å². The van der Waals surface area contributed by atoms with E-state index in [0.717, 1.165) is 36.6 Å². The first-order valence-corrected chi connectivity index (χ1v) is 6.68. The van der Waals surface area contributed by atoms with Crippen LogP contribution in [0.5, 0.6) is 0 Å². The highest BCUT2D eigenvalue weighted by Crippen LogP contribution is 2.21. The van der Waals surface area contributed by atoms with E-state index in [4.69, 9.17) is 5.73 Å². The minimum Gasteiger partial charge on any atom is -0.326 e. The zero-order valence-electron chi connectivity index (χ0n) is 11.3. The lowest BCUT2D eigenvalue weighted by molar-refractivity contribution is 0.769. The van der Waals surface area contributed by atoms with Crippen molar-refractivity contribution in [2.75, 3.05) is 11.4 Å². The summed E-state index contributed by atoms with van der Waals surface area (Å²) < 4.78 is 0. The van der Waals surface area contributed by atoms with Crippen LogP contribution in [0.4, 0.5) is 11.6 Å². The highest BCUT2D eigenvalue weighted by molar-refractivity contribution is 5.56. The van der Waals surface area contributed by atoms with Crippen molar-refractivity contribution in [2.24, 2.45) is 5.73 Å². The summed E-state index contributed by atoms with van der Waals surface area (Å²) in [5, 5.41) is 0. The van der Waals surface area contributed by atoms with Gasteiger partial charge in [0.05, 0.1) is 0 Å². The number of nitrogens with two attached hydrogens (primary N) is 1. The Morgan fingerprint density at radius 3 is 2.37 bits per heavy atom. The Morgan fingerprint density at radius 2 is 1.79 bits per heavy atom. The van der Waals surface area contributed by atoms with Crippen LogP contribution in [-0.4, -0.2) is 16.5 Å². The molecule has 0 saturated carbocycles. The number of unbranched alkanes of at least 4 members (excludes halogenated alkanes) is 1. The van der Waals surface area contributed by atoms with Gasteiger partial charge >= 0.3 is 0 Å². The van der Waals surface area contributed by atoms with Crippen LogP contribution in [0.25, 0.3) is 0 Å². The number of benzene rings is 1. The van der Waals surface area contributed by atoms with Gasteiger partial charge in [-0.15, -0.1) is 0 Å². The second kappa shape index (κ2) is 6.85. The Labute approximate surface area is 114 Å². The van der Waals surface area contributed by atoms with E-state index in [2.05, 4.69) is 33.9 Å². The van der Waals surface area contributed by atoms with Crippen LogP contribution >= 0.6 is 0 Å². The predicted octanol–water partition coefficient (Wildman–Crippen LogP) is 2.87. The van der Waals surface area contributed by atoms with Gasteiger partial charge in [-0.2, -0.15) is 0 Å². The Kier molecular flexibility index (Phi) is 4.86. The van der Waals surface area contributed by atoms with Crippen LogP contribution in [-0.2, 0) is 6.54 Å². The summed E-state index contributed by atoms with van der Waals surface area (Å²) in [6, 6.07) is 10.2. The fourth-order valence-electron chi connectivity index (χ4n) is 1.86. The number of nitrogens with zero attached hydrogens (tertiary/aromatic N) is 3. The Bertz CT molecular complexity index is 481. The third kappa shape index (κ3) is 3.51. The largest absolute Gasteiger partial charge is 0.326 e. The lowest BCUT2D eigenvalue weighted by atomic mass is 10.2. The molecule has 0 bridgehead atoms. The molecule has 4 heteroatoms. The van der Waals surface area contributed by atoms with E-state index in [-0.39, 0.29) is 0 Å². The molecule has 4 nitrogen and oxygen atoms in total. The van der Waals surface area contributed by atoms with Gasteiger partial charge < -0.3 is 10.6 Å². The average molecular weight is 256 g/mol. The maximum atomic E-state index is 5.57. The van der Waals surface area contributed by atoms with Crippen molar-refractivity contribution in [1.82, 2.24) is 9.97 Å². The van der Waals surface area contributed by atoms with E-state index in [9.17, 15) is 0 Å². The van der Waals surface area contributed by atoms with Crippen molar-refractivity contribution in [3.8, 4) is 0 Å². The topological polar surface area (TPSA) is 55.0 Å². The Hall–Kier alpha value is -1.94. The van der Waals surface area contributed by atoms with Crippen LogP contribution in [0.1, 0.15) is 25.3 Å². The number of anilines is 2. The normalized spacial score (nSPS) is 10.4. The Morgan fingerprint density at radius 1 is 1.11 bits per heavy atom. The molecule has 0 atom stereocenters. The molecule has 0 unspecified atom stereocenters.